The average Bonchev–Trinajstić information content (AvgIpc) is 2.89. The molecule has 2 atom stereocenters. The molecule has 7 heteroatoms. The lowest BCUT2D eigenvalue weighted by molar-refractivity contribution is -0.124. The summed E-state index contributed by atoms with van der Waals surface area (Å²) in [5.41, 5.74) is 0.324. The molecule has 1 aromatic rings. The van der Waals surface area contributed by atoms with Crippen molar-refractivity contribution in [1.82, 2.24) is 0 Å². The highest BCUT2D eigenvalue weighted by Gasteiger charge is 2.49. The van der Waals surface area contributed by atoms with E-state index in [-0.39, 0.29) is 28.7 Å². The van der Waals surface area contributed by atoms with Gasteiger partial charge in [-0.1, -0.05) is 50.7 Å². The van der Waals surface area contributed by atoms with E-state index in [2.05, 4.69) is 4.99 Å². The molecule has 124 valence electrons. The predicted molar refractivity (Wildman–Crippen MR) is 94.6 cm³/mol. The number of carbonyl (C=O) groups excluding carboxylic acids is 1. The predicted octanol–water partition coefficient (Wildman–Crippen LogP) is 2.33. The molecule has 0 spiro atoms. The summed E-state index contributed by atoms with van der Waals surface area (Å²) in [4.78, 5) is 18.5. The number of sulfone groups is 1. The van der Waals surface area contributed by atoms with E-state index in [9.17, 15) is 13.2 Å². The quantitative estimate of drug-likeness (QED) is 0.776. The van der Waals surface area contributed by atoms with Crippen molar-refractivity contribution in [2.24, 2.45) is 10.4 Å². The third kappa shape index (κ3) is 3.30. The lowest BCUT2D eigenvalue weighted by atomic mass is 9.96. The Morgan fingerprint density at radius 1 is 1.22 bits per heavy atom. The molecule has 0 unspecified atom stereocenters. The first-order valence-electron chi connectivity index (χ1n) is 7.52. The Balaban J connectivity index is 2.01. The molecule has 0 aromatic heterocycles. The topological polar surface area (TPSA) is 66.8 Å². The molecule has 2 heterocycles. The first-order valence-corrected chi connectivity index (χ1v) is 10.2. The summed E-state index contributed by atoms with van der Waals surface area (Å²) in [6.45, 7) is 5.49. The number of hydrogen-bond donors (Lipinski definition) is 0. The van der Waals surface area contributed by atoms with Crippen molar-refractivity contribution in [2.45, 2.75) is 32.1 Å². The fraction of sp³-hybridized carbons (Fsp3) is 0.500. The maximum Gasteiger partial charge on any atom is 0.253 e. The van der Waals surface area contributed by atoms with Crippen LogP contribution in [0.25, 0.3) is 0 Å². The van der Waals surface area contributed by atoms with Crippen molar-refractivity contribution in [2.75, 3.05) is 16.4 Å². The fourth-order valence-corrected chi connectivity index (χ4v) is 6.62. The fourth-order valence-electron chi connectivity index (χ4n) is 2.71. The molecule has 23 heavy (non-hydrogen) atoms. The molecule has 0 saturated carbocycles. The Morgan fingerprint density at radius 2 is 1.87 bits per heavy atom. The smallest absolute Gasteiger partial charge is 0.253 e. The average molecular weight is 352 g/mol. The lowest BCUT2D eigenvalue weighted by Crippen LogP contribution is -2.38. The Kier molecular flexibility index (Phi) is 4.04. The van der Waals surface area contributed by atoms with Crippen molar-refractivity contribution in [3.63, 3.8) is 0 Å². The number of carbonyl (C=O) groups is 1. The van der Waals surface area contributed by atoms with Crippen LogP contribution in [0.15, 0.2) is 35.3 Å². The molecule has 1 aromatic carbocycles. The zero-order chi connectivity index (χ0) is 16.8. The van der Waals surface area contributed by atoms with Gasteiger partial charge < -0.3 is 4.90 Å². The number of rotatable bonds is 1. The molecule has 1 amide bonds. The molecular formula is C16H20N2O3S2. The first-order chi connectivity index (χ1) is 10.7. The molecule has 5 nitrogen and oxygen atoms in total. The van der Waals surface area contributed by atoms with Crippen LogP contribution >= 0.6 is 11.8 Å². The Hall–Kier alpha value is -1.34. The maximum atomic E-state index is 12.3. The monoisotopic (exact) mass is 352 g/mol. The second-order valence-corrected chi connectivity index (χ2v) is 10.3. The van der Waals surface area contributed by atoms with Gasteiger partial charge in [-0.2, -0.15) is 4.99 Å². The van der Waals surface area contributed by atoms with E-state index in [4.69, 9.17) is 0 Å². The van der Waals surface area contributed by atoms with Gasteiger partial charge in [0.05, 0.1) is 17.5 Å². The van der Waals surface area contributed by atoms with Crippen LogP contribution in [0.4, 0.5) is 5.69 Å². The number of nitrogens with zero attached hydrogens (tertiary/aromatic N) is 2. The van der Waals surface area contributed by atoms with Gasteiger partial charge in [-0.25, -0.2) is 8.42 Å². The molecule has 0 N–H and O–H groups in total. The van der Waals surface area contributed by atoms with Crippen LogP contribution in [-0.4, -0.2) is 42.3 Å². The molecule has 3 rings (SSSR count). The number of fused-ring (bicyclic) bond motifs is 1. The highest BCUT2D eigenvalue weighted by molar-refractivity contribution is 8.16. The molecule has 2 saturated heterocycles. The van der Waals surface area contributed by atoms with Crippen LogP contribution in [0, 0.1) is 5.41 Å². The van der Waals surface area contributed by atoms with E-state index >= 15 is 0 Å². The number of hydrogen-bond acceptors (Lipinski definition) is 4. The Labute approximate surface area is 141 Å². The van der Waals surface area contributed by atoms with Crippen molar-refractivity contribution < 1.29 is 13.2 Å². The molecule has 0 aliphatic carbocycles. The van der Waals surface area contributed by atoms with Crippen molar-refractivity contribution in [3.8, 4) is 0 Å². The minimum atomic E-state index is -3.03. The summed E-state index contributed by atoms with van der Waals surface area (Å²) in [7, 11) is -3.03. The Bertz CT molecular complexity index is 751. The molecule has 2 fully saturated rings. The van der Waals surface area contributed by atoms with Crippen LogP contribution in [0.2, 0.25) is 0 Å². The van der Waals surface area contributed by atoms with Gasteiger partial charge in [-0.3, -0.25) is 4.79 Å². The third-order valence-corrected chi connectivity index (χ3v) is 7.15. The van der Waals surface area contributed by atoms with Gasteiger partial charge in [0.25, 0.3) is 5.91 Å². The van der Waals surface area contributed by atoms with Crippen LogP contribution in [0.5, 0.6) is 0 Å². The standard InChI is InChI=1S/C16H20N2O3S2/c1-16(2,3)14(19)17-15-18(11-7-5-4-6-8-11)12-9-23(20,21)10-13(12)22-15/h4-8,12-13H,9-10H2,1-3H3/t12-,13-/m0/s1. The van der Waals surface area contributed by atoms with Gasteiger partial charge >= 0.3 is 0 Å². The second kappa shape index (κ2) is 5.63. The zero-order valence-corrected chi connectivity index (χ0v) is 15.0. The number of para-hydroxylation sites is 1. The summed E-state index contributed by atoms with van der Waals surface area (Å²) in [5, 5.41) is 0.549. The minimum absolute atomic E-state index is 0.0632. The maximum absolute atomic E-state index is 12.3. The van der Waals surface area contributed by atoms with Crippen LogP contribution < -0.4 is 4.90 Å². The van der Waals surface area contributed by atoms with Crippen molar-refractivity contribution in [1.29, 1.82) is 0 Å². The normalized spacial score (nSPS) is 28.1. The van der Waals surface area contributed by atoms with E-state index in [1.165, 1.54) is 11.8 Å². The lowest BCUT2D eigenvalue weighted by Gasteiger charge is -2.25. The second-order valence-electron chi connectivity index (χ2n) is 6.96. The van der Waals surface area contributed by atoms with Crippen LogP contribution in [-0.2, 0) is 14.6 Å². The highest BCUT2D eigenvalue weighted by atomic mass is 32.2. The minimum Gasteiger partial charge on any atom is -0.316 e. The van der Waals surface area contributed by atoms with Crippen LogP contribution in [0.1, 0.15) is 20.8 Å². The molecule has 2 aliphatic heterocycles. The van der Waals surface area contributed by atoms with E-state index in [1.807, 2.05) is 56.0 Å². The number of aliphatic imine (C=N–C) groups is 1. The summed E-state index contributed by atoms with van der Waals surface area (Å²) in [6, 6.07) is 9.40. The molecular weight excluding hydrogens is 332 g/mol. The number of amides is 1. The van der Waals surface area contributed by atoms with Gasteiger partial charge in [-0.05, 0) is 12.1 Å². The van der Waals surface area contributed by atoms with E-state index < -0.39 is 15.3 Å². The number of thioether (sulfide) groups is 1. The van der Waals surface area contributed by atoms with Gasteiger partial charge in [0.1, 0.15) is 0 Å². The summed E-state index contributed by atoms with van der Waals surface area (Å²) in [6.07, 6.45) is 0. The largest absolute Gasteiger partial charge is 0.316 e. The van der Waals surface area contributed by atoms with Gasteiger partial charge in [0, 0.05) is 16.4 Å². The van der Waals surface area contributed by atoms with Crippen molar-refractivity contribution in [3.05, 3.63) is 30.3 Å². The number of benzene rings is 1. The first kappa shape index (κ1) is 16.5. The SMILES string of the molecule is CC(C)(C)C(=O)N=C1S[C@H]2CS(=O)(=O)C[C@@H]2N1c1ccccc1. The van der Waals surface area contributed by atoms with E-state index in [0.29, 0.717) is 5.17 Å². The van der Waals surface area contributed by atoms with Gasteiger partial charge in [0.15, 0.2) is 15.0 Å². The van der Waals surface area contributed by atoms with Crippen LogP contribution in [0.3, 0.4) is 0 Å². The molecule has 0 bridgehead atoms. The molecule has 0 radical (unpaired) electrons. The third-order valence-electron chi connectivity index (χ3n) is 3.94. The number of amidine groups is 1. The van der Waals surface area contributed by atoms with Crippen molar-refractivity contribution >= 4 is 38.4 Å². The van der Waals surface area contributed by atoms with E-state index in [1.54, 1.807) is 0 Å². The number of anilines is 1. The molecule has 2 aliphatic rings. The summed E-state index contributed by atoms with van der Waals surface area (Å²) in [5.74, 6) is 0.0696. The Morgan fingerprint density at radius 3 is 2.48 bits per heavy atom. The van der Waals surface area contributed by atoms with Gasteiger partial charge in [-0.15, -0.1) is 0 Å². The zero-order valence-electron chi connectivity index (χ0n) is 13.4. The van der Waals surface area contributed by atoms with E-state index in [0.717, 1.165) is 5.69 Å². The summed E-state index contributed by atoms with van der Waals surface area (Å²) < 4.78 is 23.9. The summed E-state index contributed by atoms with van der Waals surface area (Å²) >= 11 is 1.41. The highest BCUT2D eigenvalue weighted by Crippen LogP contribution is 2.41. The van der Waals surface area contributed by atoms with Gasteiger partial charge in [0.2, 0.25) is 0 Å².